The highest BCUT2D eigenvalue weighted by molar-refractivity contribution is 7.14. The fraction of sp³-hybridized carbons (Fsp3) is 0.118. The van der Waals surface area contributed by atoms with Crippen LogP contribution in [0.2, 0.25) is 0 Å². The van der Waals surface area contributed by atoms with Crippen LogP contribution in [0.4, 0.5) is 18.3 Å². The van der Waals surface area contributed by atoms with Gasteiger partial charge in [0.1, 0.15) is 5.56 Å². The number of anilines is 1. The molecule has 0 fully saturated rings. The summed E-state index contributed by atoms with van der Waals surface area (Å²) >= 11 is 1.11. The van der Waals surface area contributed by atoms with Crippen molar-refractivity contribution in [2.24, 2.45) is 0 Å². The number of thiazole rings is 1. The molecule has 0 aliphatic rings. The fourth-order valence-corrected chi connectivity index (χ4v) is 2.92. The van der Waals surface area contributed by atoms with Gasteiger partial charge in [-0.1, -0.05) is 12.1 Å². The molecule has 3 aromatic rings. The lowest BCUT2D eigenvalue weighted by Crippen LogP contribution is -2.13. The highest BCUT2D eigenvalue weighted by Crippen LogP contribution is 2.33. The van der Waals surface area contributed by atoms with Gasteiger partial charge >= 0.3 is 6.18 Å². The lowest BCUT2D eigenvalue weighted by Gasteiger charge is -2.07. The number of carbonyl (C=O) groups is 1. The Bertz CT molecular complexity index is 941. The molecule has 26 heavy (non-hydrogen) atoms. The van der Waals surface area contributed by atoms with E-state index < -0.39 is 17.6 Å². The van der Waals surface area contributed by atoms with E-state index in [0.29, 0.717) is 11.3 Å². The van der Waals surface area contributed by atoms with Gasteiger partial charge in [-0.25, -0.2) is 9.97 Å². The van der Waals surface area contributed by atoms with Crippen LogP contribution in [0.25, 0.3) is 11.3 Å². The third kappa shape index (κ3) is 3.83. The summed E-state index contributed by atoms with van der Waals surface area (Å²) in [6, 6.07) is 7.99. The van der Waals surface area contributed by atoms with Crippen molar-refractivity contribution in [1.29, 1.82) is 0 Å². The van der Waals surface area contributed by atoms with Crippen LogP contribution in [0.5, 0.6) is 5.88 Å². The molecule has 3 rings (SSSR count). The van der Waals surface area contributed by atoms with Gasteiger partial charge in [0.25, 0.3) is 5.91 Å². The number of alkyl halides is 3. The number of aromatic nitrogens is 2. The minimum Gasteiger partial charge on any atom is -0.480 e. The van der Waals surface area contributed by atoms with E-state index in [9.17, 15) is 18.0 Å². The van der Waals surface area contributed by atoms with Gasteiger partial charge in [-0.2, -0.15) is 13.2 Å². The third-order valence-corrected chi connectivity index (χ3v) is 4.18. The molecule has 0 aliphatic carbocycles. The molecule has 134 valence electrons. The van der Waals surface area contributed by atoms with E-state index in [1.165, 1.54) is 25.4 Å². The quantitative estimate of drug-likeness (QED) is 0.726. The summed E-state index contributed by atoms with van der Waals surface area (Å²) in [4.78, 5) is 20.4. The SMILES string of the molecule is COc1ncccc1C(=O)Nc1nc(-c2cccc(C(F)(F)F)c2)cs1. The molecule has 0 saturated heterocycles. The molecule has 0 aliphatic heterocycles. The number of ether oxygens (including phenoxy) is 1. The molecule has 2 aromatic heterocycles. The van der Waals surface area contributed by atoms with E-state index in [2.05, 4.69) is 15.3 Å². The zero-order valence-electron chi connectivity index (χ0n) is 13.4. The molecule has 1 N–H and O–H groups in total. The molecule has 0 spiro atoms. The largest absolute Gasteiger partial charge is 0.480 e. The fourth-order valence-electron chi connectivity index (χ4n) is 2.21. The maximum absolute atomic E-state index is 12.8. The van der Waals surface area contributed by atoms with Crippen LogP contribution in [-0.4, -0.2) is 23.0 Å². The minimum absolute atomic E-state index is 0.166. The normalized spacial score (nSPS) is 11.2. The number of amides is 1. The van der Waals surface area contributed by atoms with Crippen molar-refractivity contribution < 1.29 is 22.7 Å². The molecular formula is C17H12F3N3O2S. The van der Waals surface area contributed by atoms with Crippen molar-refractivity contribution in [2.45, 2.75) is 6.18 Å². The number of methoxy groups -OCH3 is 1. The molecule has 1 amide bonds. The van der Waals surface area contributed by atoms with Crippen molar-refractivity contribution in [3.8, 4) is 17.1 Å². The summed E-state index contributed by atoms with van der Waals surface area (Å²) in [6.45, 7) is 0. The number of nitrogens with zero attached hydrogens (tertiary/aromatic N) is 2. The molecular weight excluding hydrogens is 367 g/mol. The summed E-state index contributed by atoms with van der Waals surface area (Å²) in [5.74, 6) is -0.306. The second kappa shape index (κ2) is 7.12. The maximum atomic E-state index is 12.8. The molecule has 2 heterocycles. The lowest BCUT2D eigenvalue weighted by molar-refractivity contribution is -0.137. The van der Waals surface area contributed by atoms with Crippen LogP contribution >= 0.6 is 11.3 Å². The number of nitrogens with one attached hydrogen (secondary N) is 1. The Balaban J connectivity index is 1.81. The van der Waals surface area contributed by atoms with Gasteiger partial charge in [0.2, 0.25) is 5.88 Å². The van der Waals surface area contributed by atoms with Crippen molar-refractivity contribution in [3.05, 3.63) is 59.1 Å². The first-order valence-corrected chi connectivity index (χ1v) is 8.20. The summed E-state index contributed by atoms with van der Waals surface area (Å²) in [5, 5.41) is 4.43. The van der Waals surface area contributed by atoms with Gasteiger partial charge in [0, 0.05) is 17.1 Å². The maximum Gasteiger partial charge on any atom is 0.416 e. The summed E-state index contributed by atoms with van der Waals surface area (Å²) in [6.07, 6.45) is -2.94. The van der Waals surface area contributed by atoms with Gasteiger partial charge in [0.15, 0.2) is 5.13 Å². The second-order valence-corrected chi connectivity index (χ2v) is 5.99. The molecule has 5 nitrogen and oxygen atoms in total. The van der Waals surface area contributed by atoms with E-state index in [0.717, 1.165) is 23.5 Å². The zero-order valence-corrected chi connectivity index (χ0v) is 14.2. The van der Waals surface area contributed by atoms with Crippen LogP contribution in [0.3, 0.4) is 0 Å². The summed E-state index contributed by atoms with van der Waals surface area (Å²) < 4.78 is 43.5. The van der Waals surface area contributed by atoms with Crippen LogP contribution < -0.4 is 10.1 Å². The Morgan fingerprint density at radius 3 is 2.77 bits per heavy atom. The second-order valence-electron chi connectivity index (χ2n) is 5.13. The van der Waals surface area contributed by atoms with E-state index >= 15 is 0 Å². The number of hydrogen-bond acceptors (Lipinski definition) is 5. The monoisotopic (exact) mass is 379 g/mol. The number of rotatable bonds is 4. The van der Waals surface area contributed by atoms with E-state index in [1.54, 1.807) is 17.5 Å². The highest BCUT2D eigenvalue weighted by Gasteiger charge is 2.30. The molecule has 0 bridgehead atoms. The average molecular weight is 379 g/mol. The molecule has 1 aromatic carbocycles. The first-order valence-electron chi connectivity index (χ1n) is 7.32. The lowest BCUT2D eigenvalue weighted by atomic mass is 10.1. The van der Waals surface area contributed by atoms with Crippen LogP contribution in [0.1, 0.15) is 15.9 Å². The smallest absolute Gasteiger partial charge is 0.416 e. The standard InChI is InChI=1S/C17H12F3N3O2S/c1-25-15-12(6-3-7-21-15)14(24)23-16-22-13(9-26-16)10-4-2-5-11(8-10)17(18,19)20/h2-9H,1H3,(H,22,23,24). The number of pyridine rings is 1. The van der Waals surface area contributed by atoms with E-state index in [4.69, 9.17) is 4.74 Å². The van der Waals surface area contributed by atoms with Gasteiger partial charge in [-0.3, -0.25) is 10.1 Å². The predicted molar refractivity (Wildman–Crippen MR) is 91.3 cm³/mol. The topological polar surface area (TPSA) is 64.1 Å². The van der Waals surface area contributed by atoms with Crippen molar-refractivity contribution in [2.75, 3.05) is 12.4 Å². The molecule has 0 saturated carbocycles. The molecule has 0 unspecified atom stereocenters. The molecule has 9 heteroatoms. The third-order valence-electron chi connectivity index (χ3n) is 3.42. The van der Waals surface area contributed by atoms with Crippen molar-refractivity contribution in [1.82, 2.24) is 9.97 Å². The predicted octanol–water partition coefficient (Wildman–Crippen LogP) is 4.48. The van der Waals surface area contributed by atoms with Gasteiger partial charge in [-0.15, -0.1) is 11.3 Å². The zero-order chi connectivity index (χ0) is 18.7. The van der Waals surface area contributed by atoms with Gasteiger partial charge in [0.05, 0.1) is 18.4 Å². The Kier molecular flexibility index (Phi) is 4.90. The van der Waals surface area contributed by atoms with Crippen molar-refractivity contribution >= 4 is 22.4 Å². The van der Waals surface area contributed by atoms with Crippen LogP contribution in [0, 0.1) is 0 Å². The van der Waals surface area contributed by atoms with Crippen LogP contribution in [-0.2, 0) is 6.18 Å². The van der Waals surface area contributed by atoms with E-state index in [-0.39, 0.29) is 16.6 Å². The molecule has 0 atom stereocenters. The average Bonchev–Trinajstić information content (AvgIpc) is 3.09. The number of carbonyl (C=O) groups excluding carboxylic acids is 1. The van der Waals surface area contributed by atoms with Crippen LogP contribution in [0.15, 0.2) is 48.0 Å². The minimum atomic E-state index is -4.43. The summed E-state index contributed by atoms with van der Waals surface area (Å²) in [5.41, 5.74) is 0.129. The molecule has 0 radical (unpaired) electrons. The number of halogens is 3. The van der Waals surface area contributed by atoms with E-state index in [1.807, 2.05) is 0 Å². The Labute approximate surface area is 150 Å². The Morgan fingerprint density at radius 2 is 2.04 bits per heavy atom. The first kappa shape index (κ1) is 17.9. The number of hydrogen-bond donors (Lipinski definition) is 1. The van der Waals surface area contributed by atoms with Gasteiger partial charge in [-0.05, 0) is 24.3 Å². The van der Waals surface area contributed by atoms with Gasteiger partial charge < -0.3 is 4.74 Å². The highest BCUT2D eigenvalue weighted by atomic mass is 32.1. The van der Waals surface area contributed by atoms with Crippen molar-refractivity contribution in [3.63, 3.8) is 0 Å². The first-order chi connectivity index (χ1) is 12.4. The summed E-state index contributed by atoms with van der Waals surface area (Å²) in [7, 11) is 1.40. The Morgan fingerprint density at radius 1 is 1.23 bits per heavy atom. The Hall–Kier alpha value is -2.94. The number of benzene rings is 1.